The SMILES string of the molecule is CC(=O)N(c1nc(Cn2cnc3ccccc3c2=O)cs1)c1c(C)cc(C)cc1Cl. The van der Waals surface area contributed by atoms with Crippen LogP contribution in [0.15, 0.2) is 52.9 Å². The van der Waals surface area contributed by atoms with Crippen LogP contribution in [0.4, 0.5) is 10.8 Å². The second-order valence-electron chi connectivity index (χ2n) is 7.08. The first kappa shape index (κ1) is 20.3. The van der Waals surface area contributed by atoms with E-state index in [0.717, 1.165) is 11.1 Å². The molecule has 0 bridgehead atoms. The zero-order chi connectivity index (χ0) is 21.4. The quantitative estimate of drug-likeness (QED) is 0.456. The van der Waals surface area contributed by atoms with Crippen LogP contribution < -0.4 is 10.5 Å². The number of nitrogens with zero attached hydrogens (tertiary/aromatic N) is 4. The minimum Gasteiger partial charge on any atom is -0.293 e. The van der Waals surface area contributed by atoms with Crippen LogP contribution in [0.3, 0.4) is 0 Å². The molecule has 0 aliphatic rings. The van der Waals surface area contributed by atoms with Gasteiger partial charge in [-0.15, -0.1) is 11.3 Å². The van der Waals surface area contributed by atoms with E-state index in [1.807, 2.05) is 43.5 Å². The summed E-state index contributed by atoms with van der Waals surface area (Å²) in [5.74, 6) is -0.186. The standard InChI is InChI=1S/C22H19ClN4O2S/c1-13-8-14(2)20(18(23)9-13)27(15(3)28)22-25-16(11-30-22)10-26-12-24-19-7-5-4-6-17(19)21(26)29/h4-9,11-12H,10H2,1-3H3. The molecule has 0 aliphatic heterocycles. The third kappa shape index (κ3) is 3.74. The zero-order valence-corrected chi connectivity index (χ0v) is 18.3. The zero-order valence-electron chi connectivity index (χ0n) is 16.7. The lowest BCUT2D eigenvalue weighted by Crippen LogP contribution is -2.24. The highest BCUT2D eigenvalue weighted by Gasteiger charge is 2.22. The maximum absolute atomic E-state index is 12.7. The molecule has 0 spiro atoms. The summed E-state index contributed by atoms with van der Waals surface area (Å²) in [6.45, 7) is 5.62. The molecule has 30 heavy (non-hydrogen) atoms. The number of halogens is 1. The smallest absolute Gasteiger partial charge is 0.261 e. The number of amides is 1. The lowest BCUT2D eigenvalue weighted by Gasteiger charge is -2.22. The maximum Gasteiger partial charge on any atom is 0.261 e. The lowest BCUT2D eigenvalue weighted by molar-refractivity contribution is -0.115. The highest BCUT2D eigenvalue weighted by molar-refractivity contribution is 7.14. The summed E-state index contributed by atoms with van der Waals surface area (Å²) in [7, 11) is 0. The van der Waals surface area contributed by atoms with Crippen molar-refractivity contribution in [3.05, 3.63) is 80.3 Å². The highest BCUT2D eigenvalue weighted by Crippen LogP contribution is 2.37. The minimum absolute atomic E-state index is 0.129. The summed E-state index contributed by atoms with van der Waals surface area (Å²) in [6.07, 6.45) is 1.52. The van der Waals surface area contributed by atoms with Gasteiger partial charge in [-0.1, -0.05) is 29.8 Å². The molecule has 152 valence electrons. The molecule has 1 amide bonds. The third-order valence-corrected chi connectivity index (χ3v) is 5.89. The average molecular weight is 439 g/mol. The second kappa shape index (κ2) is 8.01. The fourth-order valence-electron chi connectivity index (χ4n) is 3.44. The topological polar surface area (TPSA) is 68.1 Å². The molecule has 2 aromatic heterocycles. The molecule has 0 N–H and O–H groups in total. The number of anilines is 2. The van der Waals surface area contributed by atoms with Crippen molar-refractivity contribution in [2.75, 3.05) is 4.90 Å². The Hall–Kier alpha value is -3.03. The van der Waals surface area contributed by atoms with E-state index in [-0.39, 0.29) is 18.0 Å². The predicted molar refractivity (Wildman–Crippen MR) is 121 cm³/mol. The van der Waals surface area contributed by atoms with Gasteiger partial charge in [0, 0.05) is 12.3 Å². The van der Waals surface area contributed by atoms with E-state index >= 15 is 0 Å². The highest BCUT2D eigenvalue weighted by atomic mass is 35.5. The molecule has 0 radical (unpaired) electrons. The van der Waals surface area contributed by atoms with E-state index in [9.17, 15) is 9.59 Å². The second-order valence-corrected chi connectivity index (χ2v) is 8.33. The van der Waals surface area contributed by atoms with Crippen LogP contribution in [0.2, 0.25) is 5.02 Å². The Morgan fingerprint density at radius 3 is 2.73 bits per heavy atom. The summed E-state index contributed by atoms with van der Waals surface area (Å²) < 4.78 is 1.52. The van der Waals surface area contributed by atoms with Crippen LogP contribution in [-0.2, 0) is 11.3 Å². The Bertz CT molecular complexity index is 1310. The van der Waals surface area contributed by atoms with Crippen molar-refractivity contribution in [3.8, 4) is 0 Å². The number of benzene rings is 2. The number of carbonyl (C=O) groups excluding carboxylic acids is 1. The molecule has 8 heteroatoms. The van der Waals surface area contributed by atoms with Gasteiger partial charge in [0.2, 0.25) is 5.91 Å². The van der Waals surface area contributed by atoms with Crippen LogP contribution >= 0.6 is 22.9 Å². The van der Waals surface area contributed by atoms with Crippen LogP contribution in [0.1, 0.15) is 23.7 Å². The fourth-order valence-corrected chi connectivity index (χ4v) is 4.71. The largest absolute Gasteiger partial charge is 0.293 e. The van der Waals surface area contributed by atoms with E-state index in [0.29, 0.717) is 32.4 Å². The Kier molecular flexibility index (Phi) is 5.40. The molecular weight excluding hydrogens is 420 g/mol. The number of para-hydroxylation sites is 1. The molecule has 0 fully saturated rings. The Balaban J connectivity index is 1.70. The van der Waals surface area contributed by atoms with Crippen molar-refractivity contribution < 1.29 is 4.79 Å². The van der Waals surface area contributed by atoms with Crippen LogP contribution in [0.25, 0.3) is 10.9 Å². The number of fused-ring (bicyclic) bond motifs is 1. The molecule has 0 unspecified atom stereocenters. The van der Waals surface area contributed by atoms with Gasteiger partial charge in [0.05, 0.1) is 40.2 Å². The molecule has 0 saturated heterocycles. The van der Waals surface area contributed by atoms with Crippen LogP contribution in [0.5, 0.6) is 0 Å². The van der Waals surface area contributed by atoms with Crippen LogP contribution in [0, 0.1) is 13.8 Å². The predicted octanol–water partition coefficient (Wildman–Crippen LogP) is 4.86. The van der Waals surface area contributed by atoms with Gasteiger partial charge in [0.1, 0.15) is 0 Å². The van der Waals surface area contributed by atoms with Gasteiger partial charge < -0.3 is 0 Å². The van der Waals surface area contributed by atoms with Gasteiger partial charge in [-0.05, 0) is 43.2 Å². The average Bonchev–Trinajstić information content (AvgIpc) is 3.14. The molecule has 0 saturated carbocycles. The molecule has 6 nitrogen and oxygen atoms in total. The first-order valence-corrected chi connectivity index (χ1v) is 10.6. The van der Waals surface area contributed by atoms with Crippen molar-refractivity contribution in [1.29, 1.82) is 0 Å². The number of carbonyl (C=O) groups is 1. The summed E-state index contributed by atoms with van der Waals surface area (Å²) in [6, 6.07) is 11.0. The number of rotatable bonds is 4. The first-order valence-electron chi connectivity index (χ1n) is 9.31. The number of hydrogen-bond acceptors (Lipinski definition) is 5. The summed E-state index contributed by atoms with van der Waals surface area (Å²) >= 11 is 7.80. The summed E-state index contributed by atoms with van der Waals surface area (Å²) in [5.41, 5.74) is 3.73. The van der Waals surface area contributed by atoms with Gasteiger partial charge in [0.15, 0.2) is 5.13 Å². The molecule has 4 aromatic rings. The van der Waals surface area contributed by atoms with Crippen LogP contribution in [-0.4, -0.2) is 20.4 Å². The number of aryl methyl sites for hydroxylation is 2. The number of thiazole rings is 1. The van der Waals surface area contributed by atoms with Gasteiger partial charge in [-0.2, -0.15) is 0 Å². The summed E-state index contributed by atoms with van der Waals surface area (Å²) in [5, 5.41) is 3.40. The van der Waals surface area contributed by atoms with Crippen molar-refractivity contribution in [1.82, 2.24) is 14.5 Å². The maximum atomic E-state index is 12.7. The monoisotopic (exact) mass is 438 g/mol. The molecule has 4 rings (SSSR count). The normalized spacial score (nSPS) is 11.1. The number of hydrogen-bond donors (Lipinski definition) is 0. The fraction of sp³-hybridized carbons (Fsp3) is 0.182. The van der Waals surface area contributed by atoms with E-state index in [2.05, 4.69) is 9.97 Å². The van der Waals surface area contributed by atoms with Crippen molar-refractivity contribution >= 4 is 50.6 Å². The summed E-state index contributed by atoms with van der Waals surface area (Å²) in [4.78, 5) is 35.7. The van der Waals surface area contributed by atoms with Gasteiger partial charge in [-0.3, -0.25) is 19.1 Å². The van der Waals surface area contributed by atoms with Gasteiger partial charge >= 0.3 is 0 Å². The molecule has 0 atom stereocenters. The Morgan fingerprint density at radius 1 is 1.23 bits per heavy atom. The van der Waals surface area contributed by atoms with Gasteiger partial charge in [-0.25, -0.2) is 9.97 Å². The van der Waals surface area contributed by atoms with E-state index in [1.54, 1.807) is 12.1 Å². The lowest BCUT2D eigenvalue weighted by atomic mass is 10.1. The molecular formula is C22H19ClN4O2S. The van der Waals surface area contributed by atoms with Crippen molar-refractivity contribution in [3.63, 3.8) is 0 Å². The molecule has 2 heterocycles. The Labute approximate surface area is 182 Å². The number of aromatic nitrogens is 3. The Morgan fingerprint density at radius 2 is 2.00 bits per heavy atom. The minimum atomic E-state index is -0.186. The van der Waals surface area contributed by atoms with Crippen molar-refractivity contribution in [2.45, 2.75) is 27.3 Å². The van der Waals surface area contributed by atoms with E-state index in [1.165, 1.54) is 34.1 Å². The first-order chi connectivity index (χ1) is 14.3. The molecule has 0 aliphatic carbocycles. The van der Waals surface area contributed by atoms with E-state index < -0.39 is 0 Å². The van der Waals surface area contributed by atoms with Crippen molar-refractivity contribution in [2.24, 2.45) is 0 Å². The van der Waals surface area contributed by atoms with Gasteiger partial charge in [0.25, 0.3) is 5.56 Å². The molecule has 2 aromatic carbocycles. The third-order valence-electron chi connectivity index (χ3n) is 4.73. The van der Waals surface area contributed by atoms with E-state index in [4.69, 9.17) is 11.6 Å².